The van der Waals surface area contributed by atoms with Crippen molar-refractivity contribution in [2.75, 3.05) is 12.4 Å². The van der Waals surface area contributed by atoms with E-state index >= 15 is 0 Å². The highest BCUT2D eigenvalue weighted by atomic mass is 16.5. The monoisotopic (exact) mass is 345 g/mol. The van der Waals surface area contributed by atoms with Crippen molar-refractivity contribution in [3.8, 4) is 17.2 Å². The number of rotatable bonds is 4. The molecular weight excluding hydrogens is 330 g/mol. The maximum absolute atomic E-state index is 12.4. The standard InChI is InChI=1S/C20H15N3O3/c1-25-16-4-2-3-14(11-16)19(24)22-15-5-6-18-17(12-15)23-20(26-18)13-7-9-21-10-8-13/h2-12H,1H3,(H,22,24). The number of fused-ring (bicyclic) bond motifs is 1. The van der Waals surface area contributed by atoms with Crippen LogP contribution in [-0.4, -0.2) is 23.0 Å². The van der Waals surface area contributed by atoms with Crippen LogP contribution in [0.1, 0.15) is 10.4 Å². The molecule has 1 N–H and O–H groups in total. The van der Waals surface area contributed by atoms with Crippen molar-refractivity contribution in [2.24, 2.45) is 0 Å². The molecule has 0 atom stereocenters. The van der Waals surface area contributed by atoms with Gasteiger partial charge in [0.15, 0.2) is 5.58 Å². The molecule has 4 aromatic rings. The van der Waals surface area contributed by atoms with Crippen LogP contribution in [0.2, 0.25) is 0 Å². The Bertz CT molecular complexity index is 1070. The number of carbonyl (C=O) groups is 1. The lowest BCUT2D eigenvalue weighted by atomic mass is 10.2. The number of methoxy groups -OCH3 is 1. The molecule has 0 fully saturated rings. The molecule has 0 spiro atoms. The summed E-state index contributed by atoms with van der Waals surface area (Å²) in [6.07, 6.45) is 3.37. The molecule has 6 heteroatoms. The van der Waals surface area contributed by atoms with E-state index in [0.717, 1.165) is 5.56 Å². The summed E-state index contributed by atoms with van der Waals surface area (Å²) in [5, 5.41) is 2.86. The first-order valence-electron chi connectivity index (χ1n) is 7.99. The van der Waals surface area contributed by atoms with Gasteiger partial charge >= 0.3 is 0 Å². The average molecular weight is 345 g/mol. The Labute approximate surface area is 149 Å². The maximum atomic E-state index is 12.4. The van der Waals surface area contributed by atoms with E-state index in [9.17, 15) is 4.79 Å². The number of ether oxygens (including phenoxy) is 1. The first-order chi connectivity index (χ1) is 12.7. The molecular formula is C20H15N3O3. The largest absolute Gasteiger partial charge is 0.497 e. The molecule has 1 amide bonds. The smallest absolute Gasteiger partial charge is 0.255 e. The molecule has 0 unspecified atom stereocenters. The van der Waals surface area contributed by atoms with E-state index in [1.165, 1.54) is 0 Å². The van der Waals surface area contributed by atoms with Crippen LogP contribution >= 0.6 is 0 Å². The second-order valence-electron chi connectivity index (χ2n) is 5.62. The summed E-state index contributed by atoms with van der Waals surface area (Å²) in [7, 11) is 1.57. The fourth-order valence-electron chi connectivity index (χ4n) is 2.59. The summed E-state index contributed by atoms with van der Waals surface area (Å²) >= 11 is 0. The van der Waals surface area contributed by atoms with Crippen LogP contribution in [0.25, 0.3) is 22.6 Å². The van der Waals surface area contributed by atoms with Crippen LogP contribution in [0.15, 0.2) is 71.4 Å². The van der Waals surface area contributed by atoms with Gasteiger partial charge in [-0.3, -0.25) is 9.78 Å². The number of pyridine rings is 1. The summed E-state index contributed by atoms with van der Waals surface area (Å²) < 4.78 is 10.9. The van der Waals surface area contributed by atoms with Gasteiger partial charge in [0.2, 0.25) is 5.89 Å². The van der Waals surface area contributed by atoms with Crippen molar-refractivity contribution >= 4 is 22.7 Å². The number of anilines is 1. The quantitative estimate of drug-likeness (QED) is 0.601. The third-order valence-electron chi connectivity index (χ3n) is 3.90. The lowest BCUT2D eigenvalue weighted by Gasteiger charge is -2.06. The van der Waals surface area contributed by atoms with Gasteiger partial charge in [0.1, 0.15) is 11.3 Å². The summed E-state index contributed by atoms with van der Waals surface area (Å²) in [5.41, 5.74) is 3.32. The van der Waals surface area contributed by atoms with E-state index in [1.807, 2.05) is 12.1 Å². The number of nitrogens with one attached hydrogen (secondary N) is 1. The first kappa shape index (κ1) is 15.8. The zero-order chi connectivity index (χ0) is 17.9. The Balaban J connectivity index is 1.60. The van der Waals surface area contributed by atoms with E-state index in [0.29, 0.717) is 34.0 Å². The SMILES string of the molecule is COc1cccc(C(=O)Nc2ccc3oc(-c4ccncc4)nc3c2)c1. The van der Waals surface area contributed by atoms with Crippen molar-refractivity contribution in [2.45, 2.75) is 0 Å². The normalized spacial score (nSPS) is 10.7. The molecule has 0 aliphatic heterocycles. The lowest BCUT2D eigenvalue weighted by molar-refractivity contribution is 0.102. The van der Waals surface area contributed by atoms with Gasteiger partial charge in [0, 0.05) is 29.2 Å². The van der Waals surface area contributed by atoms with Gasteiger partial charge in [-0.1, -0.05) is 6.07 Å². The third kappa shape index (κ3) is 3.12. The number of hydrogen-bond donors (Lipinski definition) is 1. The molecule has 4 rings (SSSR count). The predicted octanol–water partition coefficient (Wildman–Crippen LogP) is 4.15. The topological polar surface area (TPSA) is 77.2 Å². The number of hydrogen-bond acceptors (Lipinski definition) is 5. The second kappa shape index (κ2) is 6.68. The Morgan fingerprint density at radius 3 is 2.73 bits per heavy atom. The molecule has 2 aromatic heterocycles. The van der Waals surface area contributed by atoms with Gasteiger partial charge in [0.05, 0.1) is 7.11 Å². The van der Waals surface area contributed by atoms with Gasteiger partial charge in [-0.15, -0.1) is 0 Å². The van der Waals surface area contributed by atoms with Crippen LogP contribution < -0.4 is 10.1 Å². The van der Waals surface area contributed by atoms with Crippen LogP contribution in [0.5, 0.6) is 5.75 Å². The van der Waals surface area contributed by atoms with E-state index in [-0.39, 0.29) is 5.91 Å². The van der Waals surface area contributed by atoms with Gasteiger partial charge in [-0.05, 0) is 48.5 Å². The van der Waals surface area contributed by atoms with Gasteiger partial charge in [0.25, 0.3) is 5.91 Å². The lowest BCUT2D eigenvalue weighted by Crippen LogP contribution is -2.11. The molecule has 2 heterocycles. The van der Waals surface area contributed by atoms with Crippen molar-refractivity contribution in [3.63, 3.8) is 0 Å². The van der Waals surface area contributed by atoms with E-state index in [4.69, 9.17) is 9.15 Å². The second-order valence-corrected chi connectivity index (χ2v) is 5.62. The summed E-state index contributed by atoms with van der Waals surface area (Å²) in [4.78, 5) is 20.9. The highest BCUT2D eigenvalue weighted by Gasteiger charge is 2.11. The van der Waals surface area contributed by atoms with Crippen LogP contribution in [0.3, 0.4) is 0 Å². The molecule has 0 radical (unpaired) electrons. The number of oxazole rings is 1. The van der Waals surface area contributed by atoms with E-state index in [2.05, 4.69) is 15.3 Å². The van der Waals surface area contributed by atoms with Gasteiger partial charge < -0.3 is 14.5 Å². The number of amides is 1. The molecule has 2 aromatic carbocycles. The molecule has 6 nitrogen and oxygen atoms in total. The number of nitrogens with zero attached hydrogens (tertiary/aromatic N) is 2. The third-order valence-corrected chi connectivity index (χ3v) is 3.90. The van der Waals surface area contributed by atoms with Crippen molar-refractivity contribution in [1.29, 1.82) is 0 Å². The Hall–Kier alpha value is -3.67. The number of carbonyl (C=O) groups excluding carboxylic acids is 1. The fraction of sp³-hybridized carbons (Fsp3) is 0.0500. The van der Waals surface area contributed by atoms with Crippen LogP contribution in [0, 0.1) is 0 Å². The molecule has 0 saturated carbocycles. The molecule has 0 aliphatic carbocycles. The van der Waals surface area contributed by atoms with E-state index in [1.54, 1.807) is 62.0 Å². The zero-order valence-electron chi connectivity index (χ0n) is 14.0. The zero-order valence-corrected chi connectivity index (χ0v) is 14.0. The average Bonchev–Trinajstić information content (AvgIpc) is 3.12. The molecule has 0 bridgehead atoms. The summed E-state index contributed by atoms with van der Waals surface area (Å²) in [6, 6.07) is 16.0. The summed E-state index contributed by atoms with van der Waals surface area (Å²) in [5.74, 6) is 0.923. The Morgan fingerprint density at radius 1 is 1.08 bits per heavy atom. The Morgan fingerprint density at radius 2 is 1.92 bits per heavy atom. The minimum Gasteiger partial charge on any atom is -0.497 e. The maximum Gasteiger partial charge on any atom is 0.255 e. The minimum absolute atomic E-state index is 0.221. The highest BCUT2D eigenvalue weighted by molar-refractivity contribution is 6.05. The summed E-state index contributed by atoms with van der Waals surface area (Å²) in [6.45, 7) is 0. The molecule has 128 valence electrons. The van der Waals surface area contributed by atoms with Crippen molar-refractivity contribution in [1.82, 2.24) is 9.97 Å². The van der Waals surface area contributed by atoms with E-state index < -0.39 is 0 Å². The molecule has 0 saturated heterocycles. The minimum atomic E-state index is -0.221. The van der Waals surface area contributed by atoms with Crippen LogP contribution in [0.4, 0.5) is 5.69 Å². The predicted molar refractivity (Wildman–Crippen MR) is 98.2 cm³/mol. The first-order valence-corrected chi connectivity index (χ1v) is 7.99. The number of benzene rings is 2. The van der Waals surface area contributed by atoms with Crippen molar-refractivity contribution < 1.29 is 13.9 Å². The van der Waals surface area contributed by atoms with Crippen LogP contribution in [-0.2, 0) is 0 Å². The van der Waals surface area contributed by atoms with Gasteiger partial charge in [-0.2, -0.15) is 0 Å². The van der Waals surface area contributed by atoms with Crippen molar-refractivity contribution in [3.05, 3.63) is 72.6 Å². The highest BCUT2D eigenvalue weighted by Crippen LogP contribution is 2.26. The van der Waals surface area contributed by atoms with Gasteiger partial charge in [-0.25, -0.2) is 4.98 Å². The molecule has 26 heavy (non-hydrogen) atoms. The fourth-order valence-corrected chi connectivity index (χ4v) is 2.59. The molecule has 0 aliphatic rings. The Kier molecular flexibility index (Phi) is 4.07. The number of aromatic nitrogens is 2.